The van der Waals surface area contributed by atoms with E-state index in [9.17, 15) is 0 Å². The van der Waals surface area contributed by atoms with E-state index in [4.69, 9.17) is 13.9 Å². The first-order valence-corrected chi connectivity index (χ1v) is 12.1. The van der Waals surface area contributed by atoms with Crippen molar-refractivity contribution in [2.24, 2.45) is 0 Å². The molecule has 34 heavy (non-hydrogen) atoms. The lowest BCUT2D eigenvalue weighted by Gasteiger charge is -2.32. The molecule has 1 atom stereocenters. The second-order valence-corrected chi connectivity index (χ2v) is 8.80. The number of nitrogens with zero attached hydrogens (tertiary/aromatic N) is 3. The molecule has 4 aromatic rings. The molecule has 1 saturated heterocycles. The van der Waals surface area contributed by atoms with Gasteiger partial charge in [0.2, 0.25) is 11.6 Å². The predicted molar refractivity (Wildman–Crippen MR) is 134 cm³/mol. The highest BCUT2D eigenvalue weighted by atomic mass is 16.5. The van der Waals surface area contributed by atoms with E-state index in [1.165, 1.54) is 19.2 Å². The van der Waals surface area contributed by atoms with Crippen molar-refractivity contribution in [1.29, 1.82) is 0 Å². The Morgan fingerprint density at radius 3 is 2.62 bits per heavy atom. The van der Waals surface area contributed by atoms with E-state index in [0.717, 1.165) is 66.1 Å². The third kappa shape index (κ3) is 4.64. The molecule has 0 bridgehead atoms. The van der Waals surface area contributed by atoms with Crippen LogP contribution >= 0.6 is 0 Å². The van der Waals surface area contributed by atoms with Gasteiger partial charge in [-0.3, -0.25) is 4.90 Å². The molecule has 1 unspecified atom stereocenters. The smallest absolute Gasteiger partial charge is 0.234 e. The van der Waals surface area contributed by atoms with Gasteiger partial charge in [0.1, 0.15) is 29.3 Å². The number of piperidine rings is 1. The van der Waals surface area contributed by atoms with Crippen LogP contribution in [0.15, 0.2) is 65.3 Å². The van der Waals surface area contributed by atoms with Crippen LogP contribution in [-0.4, -0.2) is 47.7 Å². The van der Waals surface area contributed by atoms with Gasteiger partial charge in [-0.05, 0) is 50.0 Å². The number of ether oxygens (including phenoxy) is 2. The normalized spacial score (nSPS) is 16.6. The van der Waals surface area contributed by atoms with Crippen LogP contribution in [-0.2, 0) is 0 Å². The Bertz CT molecular complexity index is 1220. The van der Waals surface area contributed by atoms with Crippen molar-refractivity contribution < 1.29 is 13.9 Å². The fourth-order valence-electron chi connectivity index (χ4n) is 4.67. The zero-order chi connectivity index (χ0) is 23.3. The molecule has 6 heteroatoms. The molecule has 0 aliphatic carbocycles. The molecular weight excluding hydrogens is 426 g/mol. The van der Waals surface area contributed by atoms with Gasteiger partial charge in [0.15, 0.2) is 0 Å². The molecule has 3 heterocycles. The first kappa shape index (κ1) is 22.4. The first-order valence-electron chi connectivity index (χ1n) is 12.1. The summed E-state index contributed by atoms with van der Waals surface area (Å²) in [6.45, 7) is 5.42. The van der Waals surface area contributed by atoms with Crippen LogP contribution in [0.1, 0.15) is 32.6 Å². The summed E-state index contributed by atoms with van der Waals surface area (Å²) in [6.07, 6.45) is 6.21. The lowest BCUT2D eigenvalue weighted by Crippen LogP contribution is -2.41. The molecule has 1 aliphatic heterocycles. The van der Waals surface area contributed by atoms with E-state index in [0.29, 0.717) is 11.6 Å². The van der Waals surface area contributed by atoms with Crippen molar-refractivity contribution in [2.45, 2.75) is 38.7 Å². The Morgan fingerprint density at radius 1 is 1.03 bits per heavy atom. The number of methoxy groups -OCH3 is 1. The van der Waals surface area contributed by atoms with E-state index >= 15 is 0 Å². The van der Waals surface area contributed by atoms with Crippen molar-refractivity contribution in [3.63, 3.8) is 0 Å². The van der Waals surface area contributed by atoms with Crippen molar-refractivity contribution >= 4 is 11.1 Å². The van der Waals surface area contributed by atoms with Crippen LogP contribution in [0, 0.1) is 0 Å². The maximum absolute atomic E-state index is 6.56. The fourth-order valence-corrected chi connectivity index (χ4v) is 4.67. The zero-order valence-corrected chi connectivity index (χ0v) is 19.9. The Hall–Kier alpha value is -3.38. The number of furan rings is 1. The Kier molecular flexibility index (Phi) is 6.77. The summed E-state index contributed by atoms with van der Waals surface area (Å²) in [5.41, 5.74) is 3.47. The zero-order valence-electron chi connectivity index (χ0n) is 19.9. The third-order valence-electron chi connectivity index (χ3n) is 6.44. The molecule has 1 aliphatic rings. The number of aromatic nitrogens is 2. The monoisotopic (exact) mass is 457 g/mol. The molecule has 0 radical (unpaired) electrons. The minimum absolute atomic E-state index is 0.0995. The van der Waals surface area contributed by atoms with Gasteiger partial charge >= 0.3 is 0 Å². The summed E-state index contributed by atoms with van der Waals surface area (Å²) in [4.78, 5) is 11.5. The van der Waals surface area contributed by atoms with Crippen LogP contribution in [0.4, 0.5) is 0 Å². The van der Waals surface area contributed by atoms with Gasteiger partial charge in [-0.1, -0.05) is 55.8 Å². The second-order valence-electron chi connectivity index (χ2n) is 8.80. The summed E-state index contributed by atoms with van der Waals surface area (Å²) in [5.74, 6) is 2.16. The summed E-state index contributed by atoms with van der Waals surface area (Å²) < 4.78 is 18.3. The van der Waals surface area contributed by atoms with E-state index < -0.39 is 0 Å². The lowest BCUT2D eigenvalue weighted by molar-refractivity contribution is 0.0854. The van der Waals surface area contributed by atoms with Crippen molar-refractivity contribution in [2.75, 3.05) is 26.7 Å². The highest BCUT2D eigenvalue weighted by Crippen LogP contribution is 2.43. The minimum Gasteiger partial charge on any atom is -0.497 e. The average Bonchev–Trinajstić information content (AvgIpc) is 3.29. The number of likely N-dealkylation sites (tertiary alicyclic amines) is 1. The average molecular weight is 458 g/mol. The molecule has 0 amide bonds. The summed E-state index contributed by atoms with van der Waals surface area (Å²) >= 11 is 0. The molecule has 2 aromatic carbocycles. The molecule has 176 valence electrons. The van der Waals surface area contributed by atoms with Gasteiger partial charge in [0, 0.05) is 17.7 Å². The fraction of sp³-hybridized carbons (Fsp3) is 0.357. The number of fused-ring (bicyclic) bond motifs is 1. The molecule has 0 saturated carbocycles. The summed E-state index contributed by atoms with van der Waals surface area (Å²) in [6, 6.07) is 18.1. The highest BCUT2D eigenvalue weighted by molar-refractivity contribution is 6.03. The Balaban J connectivity index is 1.57. The van der Waals surface area contributed by atoms with E-state index in [1.54, 1.807) is 7.11 Å². The van der Waals surface area contributed by atoms with E-state index in [2.05, 4.69) is 21.8 Å². The maximum atomic E-state index is 6.56. The molecular formula is C28H31N3O3. The Morgan fingerprint density at radius 2 is 1.85 bits per heavy atom. The van der Waals surface area contributed by atoms with Crippen LogP contribution in [0.5, 0.6) is 11.6 Å². The number of hydrogen-bond acceptors (Lipinski definition) is 6. The van der Waals surface area contributed by atoms with E-state index in [-0.39, 0.29) is 6.10 Å². The van der Waals surface area contributed by atoms with Gasteiger partial charge in [-0.15, -0.1) is 0 Å². The lowest BCUT2D eigenvalue weighted by atomic mass is 9.99. The van der Waals surface area contributed by atoms with Gasteiger partial charge in [0.25, 0.3) is 0 Å². The number of hydrogen-bond donors (Lipinski definition) is 0. The highest BCUT2D eigenvalue weighted by Gasteiger charge is 2.26. The Labute approximate surface area is 200 Å². The largest absolute Gasteiger partial charge is 0.497 e. The van der Waals surface area contributed by atoms with Crippen LogP contribution in [0.3, 0.4) is 0 Å². The molecule has 2 aromatic heterocycles. The standard InChI is InChI=1S/C28H31N3O3/c1-3-4-16-31-17-8-11-23(18-31)33-27-25-24(20-12-14-22(32-2)15-13-20)26(21-9-6-5-7-10-21)34-28(25)30-19-29-27/h5-7,9-10,12-15,19,23H,3-4,8,11,16-18H2,1-2H3. The minimum atomic E-state index is 0.0995. The van der Waals surface area contributed by atoms with Crippen LogP contribution in [0.25, 0.3) is 33.6 Å². The second kappa shape index (κ2) is 10.3. The van der Waals surface area contributed by atoms with Gasteiger partial charge in [-0.25, -0.2) is 9.97 Å². The molecule has 0 spiro atoms. The van der Waals surface area contributed by atoms with E-state index in [1.807, 2.05) is 54.6 Å². The topological polar surface area (TPSA) is 60.6 Å². The molecule has 0 N–H and O–H groups in total. The van der Waals surface area contributed by atoms with Gasteiger partial charge in [0.05, 0.1) is 7.11 Å². The quantitative estimate of drug-likeness (QED) is 0.314. The van der Waals surface area contributed by atoms with Crippen molar-refractivity contribution in [3.8, 4) is 34.1 Å². The maximum Gasteiger partial charge on any atom is 0.234 e. The van der Waals surface area contributed by atoms with Crippen LogP contribution < -0.4 is 9.47 Å². The molecule has 6 nitrogen and oxygen atoms in total. The third-order valence-corrected chi connectivity index (χ3v) is 6.44. The van der Waals surface area contributed by atoms with Crippen molar-refractivity contribution in [3.05, 3.63) is 60.9 Å². The van der Waals surface area contributed by atoms with Crippen LogP contribution in [0.2, 0.25) is 0 Å². The number of benzene rings is 2. The summed E-state index contributed by atoms with van der Waals surface area (Å²) in [5, 5.41) is 0.817. The predicted octanol–water partition coefficient (Wildman–Crippen LogP) is 6.21. The summed E-state index contributed by atoms with van der Waals surface area (Å²) in [7, 11) is 1.67. The van der Waals surface area contributed by atoms with Gasteiger partial charge in [-0.2, -0.15) is 0 Å². The molecule has 5 rings (SSSR count). The molecule has 1 fully saturated rings. The number of rotatable bonds is 8. The first-order chi connectivity index (χ1) is 16.8. The van der Waals surface area contributed by atoms with Crippen molar-refractivity contribution in [1.82, 2.24) is 14.9 Å². The number of unbranched alkanes of at least 4 members (excludes halogenated alkanes) is 1. The van der Waals surface area contributed by atoms with Gasteiger partial charge < -0.3 is 13.9 Å². The SMILES string of the molecule is CCCCN1CCCC(Oc2ncnc3oc(-c4ccccc4)c(-c4ccc(OC)cc4)c23)C1.